The second-order valence-corrected chi connectivity index (χ2v) is 9.07. The van der Waals surface area contributed by atoms with Gasteiger partial charge in [-0.05, 0) is 31.6 Å². The van der Waals surface area contributed by atoms with Crippen LogP contribution >= 0.6 is 0 Å². The van der Waals surface area contributed by atoms with Crippen molar-refractivity contribution >= 4 is 0 Å². The smallest absolute Gasteiger partial charge is 0.147 e. The summed E-state index contributed by atoms with van der Waals surface area (Å²) >= 11 is 0. The zero-order valence-electron chi connectivity index (χ0n) is 15.0. The van der Waals surface area contributed by atoms with Gasteiger partial charge in [0.05, 0.1) is 37.0 Å². The van der Waals surface area contributed by atoms with Crippen molar-refractivity contribution < 1.29 is 29.3 Å². The first kappa shape index (κ1) is 16.9. The molecule has 0 spiro atoms. The predicted molar refractivity (Wildman–Crippen MR) is 89.0 cm³/mol. The second kappa shape index (κ2) is 6.43. The SMILES string of the molecule is COC1C(O)CCC2CC3C4CC5OCOC5CC4C(O)C[NH+]3CC21. The molecule has 0 bridgehead atoms. The van der Waals surface area contributed by atoms with Gasteiger partial charge in [0, 0.05) is 31.3 Å². The highest BCUT2D eigenvalue weighted by Crippen LogP contribution is 2.45. The molecule has 5 rings (SSSR count). The van der Waals surface area contributed by atoms with Crippen LogP contribution < -0.4 is 4.90 Å². The van der Waals surface area contributed by atoms with Crippen LogP contribution in [0.5, 0.6) is 0 Å². The topological polar surface area (TPSA) is 72.6 Å². The fourth-order valence-electron chi connectivity index (χ4n) is 6.96. The molecule has 2 aliphatic carbocycles. The van der Waals surface area contributed by atoms with Crippen molar-refractivity contribution in [3.05, 3.63) is 0 Å². The van der Waals surface area contributed by atoms with Crippen LogP contribution in [0.4, 0.5) is 0 Å². The van der Waals surface area contributed by atoms with E-state index in [1.807, 2.05) is 0 Å². The normalized spacial score (nSPS) is 58.0. The number of hydrogen-bond acceptors (Lipinski definition) is 5. The van der Waals surface area contributed by atoms with Gasteiger partial charge in [-0.25, -0.2) is 0 Å². The Morgan fingerprint density at radius 3 is 2.40 bits per heavy atom. The predicted octanol–water partition coefficient (Wildman–Crippen LogP) is -0.812. The fourth-order valence-corrected chi connectivity index (χ4v) is 6.96. The summed E-state index contributed by atoms with van der Waals surface area (Å²) in [6.45, 7) is 2.28. The Labute approximate surface area is 149 Å². The lowest BCUT2D eigenvalue weighted by Crippen LogP contribution is -3.21. The van der Waals surface area contributed by atoms with Gasteiger partial charge < -0.3 is 29.3 Å². The number of ether oxygens (including phenoxy) is 3. The fraction of sp³-hybridized carbons (Fsp3) is 1.00. The maximum Gasteiger partial charge on any atom is 0.147 e. The van der Waals surface area contributed by atoms with E-state index >= 15 is 0 Å². The molecule has 25 heavy (non-hydrogen) atoms. The number of nitrogens with one attached hydrogen (secondary N) is 1. The van der Waals surface area contributed by atoms with E-state index in [0.29, 0.717) is 36.5 Å². The molecule has 0 radical (unpaired) electrons. The molecule has 3 N–H and O–H groups in total. The van der Waals surface area contributed by atoms with Crippen molar-refractivity contribution in [1.82, 2.24) is 0 Å². The highest BCUT2D eigenvalue weighted by Gasteiger charge is 2.57. The Morgan fingerprint density at radius 2 is 1.64 bits per heavy atom. The third-order valence-corrected chi connectivity index (χ3v) is 8.11. The third kappa shape index (κ3) is 2.68. The molecule has 11 atom stereocenters. The lowest BCUT2D eigenvalue weighted by Gasteiger charge is -2.55. The average Bonchev–Trinajstić information content (AvgIpc) is 3.07. The van der Waals surface area contributed by atoms with E-state index in [4.69, 9.17) is 14.2 Å². The van der Waals surface area contributed by atoms with E-state index in [1.54, 1.807) is 7.11 Å². The lowest BCUT2D eigenvalue weighted by molar-refractivity contribution is -0.951. The van der Waals surface area contributed by atoms with Crippen molar-refractivity contribution in [1.29, 1.82) is 0 Å². The maximum absolute atomic E-state index is 10.8. The van der Waals surface area contributed by atoms with Crippen molar-refractivity contribution in [3.8, 4) is 0 Å². The zero-order valence-corrected chi connectivity index (χ0v) is 15.0. The van der Waals surface area contributed by atoms with E-state index < -0.39 is 0 Å². The number of aliphatic hydroxyl groups is 2. The second-order valence-electron chi connectivity index (χ2n) is 9.07. The van der Waals surface area contributed by atoms with Gasteiger partial charge in [-0.3, -0.25) is 0 Å². The Morgan fingerprint density at radius 1 is 0.880 bits per heavy atom. The van der Waals surface area contributed by atoms with Crippen LogP contribution in [0.15, 0.2) is 0 Å². The van der Waals surface area contributed by atoms with Crippen LogP contribution in [-0.2, 0) is 14.2 Å². The monoisotopic (exact) mass is 354 g/mol. The standard InChI is InChI=1S/C19H31NO5/c1-23-19-13-7-20-8-16(22)12-6-18-17(24-9-25-18)5-11(12)14(20)4-10(13)2-3-15(19)21/h10-19,21-22H,2-9H2,1H3/p+1. The molecule has 3 aliphatic heterocycles. The summed E-state index contributed by atoms with van der Waals surface area (Å²) in [5, 5.41) is 21.2. The first-order chi connectivity index (χ1) is 12.2. The maximum atomic E-state index is 10.8. The van der Waals surface area contributed by atoms with Crippen molar-refractivity contribution in [2.24, 2.45) is 23.7 Å². The number of methoxy groups -OCH3 is 1. The average molecular weight is 354 g/mol. The summed E-state index contributed by atoms with van der Waals surface area (Å²) in [5.74, 6) is 1.97. The van der Waals surface area contributed by atoms with Crippen molar-refractivity contribution in [2.75, 3.05) is 27.0 Å². The summed E-state index contributed by atoms with van der Waals surface area (Å²) in [4.78, 5) is 1.53. The molecular weight excluding hydrogens is 322 g/mol. The van der Waals surface area contributed by atoms with Crippen LogP contribution in [0.3, 0.4) is 0 Å². The quantitative estimate of drug-likeness (QED) is 0.574. The van der Waals surface area contributed by atoms with Gasteiger partial charge in [0.15, 0.2) is 0 Å². The van der Waals surface area contributed by atoms with E-state index in [1.165, 1.54) is 11.3 Å². The molecule has 11 unspecified atom stereocenters. The minimum Gasteiger partial charge on any atom is -0.390 e. The van der Waals surface area contributed by atoms with E-state index in [0.717, 1.165) is 38.8 Å². The minimum atomic E-state index is -0.330. The Kier molecular flexibility index (Phi) is 4.34. The van der Waals surface area contributed by atoms with Crippen LogP contribution in [0.1, 0.15) is 32.1 Å². The first-order valence-corrected chi connectivity index (χ1v) is 10.1. The Balaban J connectivity index is 1.37. The van der Waals surface area contributed by atoms with Crippen LogP contribution in [-0.4, -0.2) is 73.8 Å². The van der Waals surface area contributed by atoms with Gasteiger partial charge >= 0.3 is 0 Å². The summed E-state index contributed by atoms with van der Waals surface area (Å²) in [5.41, 5.74) is 0. The molecule has 2 saturated carbocycles. The van der Waals surface area contributed by atoms with Crippen LogP contribution in [0.25, 0.3) is 0 Å². The number of hydrogen-bond donors (Lipinski definition) is 3. The number of fused-ring (bicyclic) bond motifs is 5. The summed E-state index contributed by atoms with van der Waals surface area (Å²) < 4.78 is 17.2. The number of rotatable bonds is 1. The molecule has 0 amide bonds. The highest BCUT2D eigenvalue weighted by molar-refractivity contribution is 5.00. The Hall–Kier alpha value is -0.240. The van der Waals surface area contributed by atoms with Gasteiger partial charge in [-0.2, -0.15) is 0 Å². The molecule has 0 aromatic rings. The Bertz CT molecular complexity index is 504. The molecule has 3 saturated heterocycles. The largest absolute Gasteiger partial charge is 0.390 e. The molecule has 0 aromatic heterocycles. The van der Waals surface area contributed by atoms with E-state index in [2.05, 4.69) is 0 Å². The van der Waals surface area contributed by atoms with E-state index in [9.17, 15) is 10.2 Å². The molecule has 3 heterocycles. The molecule has 6 heteroatoms. The summed E-state index contributed by atoms with van der Waals surface area (Å²) in [6.07, 6.45) is 4.98. The molecule has 5 aliphatic rings. The van der Waals surface area contributed by atoms with Crippen LogP contribution in [0, 0.1) is 23.7 Å². The molecule has 0 aromatic carbocycles. The molecular formula is C19H32NO5+. The lowest BCUT2D eigenvalue weighted by atomic mass is 9.61. The molecule has 6 nitrogen and oxygen atoms in total. The van der Waals surface area contributed by atoms with Crippen LogP contribution in [0.2, 0.25) is 0 Å². The molecule has 142 valence electrons. The van der Waals surface area contributed by atoms with Gasteiger partial charge in [0.25, 0.3) is 0 Å². The summed E-state index contributed by atoms with van der Waals surface area (Å²) in [6, 6.07) is 0.618. The molecule has 5 fully saturated rings. The zero-order chi connectivity index (χ0) is 17.1. The first-order valence-electron chi connectivity index (χ1n) is 10.1. The van der Waals surface area contributed by atoms with Gasteiger partial charge in [-0.1, -0.05) is 0 Å². The number of quaternary nitrogens is 1. The number of piperidine rings is 2. The minimum absolute atomic E-state index is 0.0376. The van der Waals surface area contributed by atoms with Crippen molar-refractivity contribution in [2.45, 2.75) is 68.7 Å². The van der Waals surface area contributed by atoms with Gasteiger partial charge in [0.2, 0.25) is 0 Å². The highest BCUT2D eigenvalue weighted by atomic mass is 16.7. The van der Waals surface area contributed by atoms with Gasteiger partial charge in [-0.15, -0.1) is 0 Å². The summed E-state index contributed by atoms with van der Waals surface area (Å²) in [7, 11) is 1.73. The van der Waals surface area contributed by atoms with Crippen molar-refractivity contribution in [3.63, 3.8) is 0 Å². The number of aliphatic hydroxyl groups excluding tert-OH is 2. The third-order valence-electron chi connectivity index (χ3n) is 8.11. The van der Waals surface area contributed by atoms with E-state index in [-0.39, 0.29) is 30.5 Å². The van der Waals surface area contributed by atoms with Gasteiger partial charge in [0.1, 0.15) is 19.4 Å².